The largest absolute Gasteiger partial charge is 0.369 e. The number of hydrogen-bond acceptors (Lipinski definition) is 5. The highest BCUT2D eigenvalue weighted by atomic mass is 32.1. The number of nitrogens with two attached hydrogens (primary N) is 1. The van der Waals surface area contributed by atoms with E-state index in [1.807, 2.05) is 36.6 Å². The molecule has 0 bridgehead atoms. The zero-order chi connectivity index (χ0) is 16.6. The van der Waals surface area contributed by atoms with Crippen LogP contribution in [0.4, 0.5) is 10.7 Å². The van der Waals surface area contributed by atoms with E-state index < -0.39 is 0 Å². The van der Waals surface area contributed by atoms with E-state index >= 15 is 0 Å². The Kier molecular flexibility index (Phi) is 4.04. The van der Waals surface area contributed by atoms with E-state index in [0.29, 0.717) is 13.0 Å². The lowest BCUT2D eigenvalue weighted by molar-refractivity contribution is -0.380. The van der Waals surface area contributed by atoms with E-state index in [4.69, 9.17) is 5.73 Å². The van der Waals surface area contributed by atoms with Gasteiger partial charge in [-0.1, -0.05) is 29.5 Å². The van der Waals surface area contributed by atoms with Crippen LogP contribution in [0.15, 0.2) is 35.7 Å². The number of benzene rings is 1. The molecule has 120 valence electrons. The number of rotatable bonds is 4. The summed E-state index contributed by atoms with van der Waals surface area (Å²) in [4.78, 5) is 24.4. The first-order chi connectivity index (χ1) is 11.0. The Bertz CT molecular complexity index is 759. The van der Waals surface area contributed by atoms with Crippen LogP contribution in [0.25, 0.3) is 0 Å². The van der Waals surface area contributed by atoms with Crippen LogP contribution in [0.1, 0.15) is 30.4 Å². The normalized spacial score (nSPS) is 20.1. The van der Waals surface area contributed by atoms with E-state index in [1.165, 1.54) is 0 Å². The van der Waals surface area contributed by atoms with Gasteiger partial charge in [0.1, 0.15) is 0 Å². The fraction of sp³-hybridized carbons (Fsp3) is 0.312. The number of hydrogen-bond donors (Lipinski definition) is 1. The topological polar surface area (TPSA) is 89.5 Å². The molecule has 23 heavy (non-hydrogen) atoms. The highest BCUT2D eigenvalue weighted by molar-refractivity contribution is 7.13. The molecule has 0 radical (unpaired) electrons. The number of carbonyl (C=O) groups excluding carboxylic acids is 1. The number of amides is 1. The van der Waals surface area contributed by atoms with E-state index in [0.717, 1.165) is 28.2 Å². The lowest BCUT2D eigenvalue weighted by Crippen LogP contribution is -2.41. The highest BCUT2D eigenvalue weighted by Crippen LogP contribution is 2.39. The molecule has 3 rings (SSSR count). The molecule has 7 heteroatoms. The van der Waals surface area contributed by atoms with Gasteiger partial charge in [0, 0.05) is 29.7 Å². The number of carbonyl (C=O) groups is 1. The Hall–Kier alpha value is -2.41. The van der Waals surface area contributed by atoms with E-state index in [1.54, 1.807) is 6.07 Å². The minimum atomic E-state index is -0.370. The van der Waals surface area contributed by atoms with Crippen LogP contribution in [0.5, 0.6) is 0 Å². The smallest absolute Gasteiger partial charge is 0.324 e. The van der Waals surface area contributed by atoms with Gasteiger partial charge >= 0.3 is 5.00 Å². The van der Waals surface area contributed by atoms with Gasteiger partial charge in [-0.2, -0.15) is 0 Å². The predicted octanol–water partition coefficient (Wildman–Crippen LogP) is 3.02. The van der Waals surface area contributed by atoms with Crippen LogP contribution < -0.4 is 10.6 Å². The molecule has 2 aromatic rings. The van der Waals surface area contributed by atoms with Crippen LogP contribution in [0.3, 0.4) is 0 Å². The van der Waals surface area contributed by atoms with Gasteiger partial charge in [0.25, 0.3) is 0 Å². The predicted molar refractivity (Wildman–Crippen MR) is 89.6 cm³/mol. The molecule has 2 N–H and O–H groups in total. The van der Waals surface area contributed by atoms with Gasteiger partial charge < -0.3 is 10.6 Å². The molecule has 1 amide bonds. The molecule has 6 nitrogen and oxygen atoms in total. The number of primary amides is 1. The first-order valence-electron chi connectivity index (χ1n) is 7.34. The summed E-state index contributed by atoms with van der Waals surface area (Å²) in [6.45, 7) is 2.63. The van der Waals surface area contributed by atoms with Crippen molar-refractivity contribution in [2.75, 3.05) is 4.90 Å². The van der Waals surface area contributed by atoms with Gasteiger partial charge in [0.2, 0.25) is 5.91 Å². The van der Waals surface area contributed by atoms with Crippen molar-refractivity contribution in [2.45, 2.75) is 31.8 Å². The fourth-order valence-electron chi connectivity index (χ4n) is 3.12. The monoisotopic (exact) mass is 331 g/mol. The van der Waals surface area contributed by atoms with Crippen molar-refractivity contribution in [1.29, 1.82) is 0 Å². The number of fused-ring (bicyclic) bond motifs is 1. The van der Waals surface area contributed by atoms with Crippen LogP contribution in [0, 0.1) is 10.1 Å². The van der Waals surface area contributed by atoms with Gasteiger partial charge in [-0.3, -0.25) is 14.9 Å². The molecular weight excluding hydrogens is 314 g/mol. The number of thiophene rings is 1. The van der Waals surface area contributed by atoms with Crippen molar-refractivity contribution < 1.29 is 9.72 Å². The minimum Gasteiger partial charge on any atom is -0.369 e. The van der Waals surface area contributed by atoms with Gasteiger partial charge in [0.05, 0.1) is 10.8 Å². The van der Waals surface area contributed by atoms with Crippen LogP contribution in [0.2, 0.25) is 0 Å². The molecule has 1 aliphatic heterocycles. The van der Waals surface area contributed by atoms with Crippen molar-refractivity contribution >= 4 is 27.9 Å². The second-order valence-corrected chi connectivity index (χ2v) is 6.67. The summed E-state index contributed by atoms with van der Waals surface area (Å²) < 4.78 is 0. The van der Waals surface area contributed by atoms with E-state index in [2.05, 4.69) is 4.90 Å². The molecule has 0 spiro atoms. The summed E-state index contributed by atoms with van der Waals surface area (Å²) in [5.41, 5.74) is 8.36. The van der Waals surface area contributed by atoms with Crippen molar-refractivity contribution in [2.24, 2.45) is 5.73 Å². The minimum absolute atomic E-state index is 0.126. The lowest BCUT2D eigenvalue weighted by Gasteiger charge is -2.39. The van der Waals surface area contributed by atoms with Crippen molar-refractivity contribution in [1.82, 2.24) is 0 Å². The summed E-state index contributed by atoms with van der Waals surface area (Å²) in [5.74, 6) is -0.593. The Morgan fingerprint density at radius 2 is 2.22 bits per heavy atom. The van der Waals surface area contributed by atoms with Crippen molar-refractivity contribution in [3.8, 4) is 0 Å². The number of anilines is 1. The van der Waals surface area contributed by atoms with Gasteiger partial charge in [0.15, 0.2) is 0 Å². The molecule has 0 fully saturated rings. The average Bonchev–Trinajstić information content (AvgIpc) is 2.98. The number of para-hydroxylation sites is 1. The maximum atomic E-state index is 11.7. The van der Waals surface area contributed by atoms with E-state index in [9.17, 15) is 14.9 Å². The molecule has 1 aromatic carbocycles. The Labute approximate surface area is 137 Å². The molecule has 1 aromatic heterocycles. The zero-order valence-electron chi connectivity index (χ0n) is 12.6. The number of nitrogens with zero attached hydrogens (tertiary/aromatic N) is 2. The lowest BCUT2D eigenvalue weighted by atomic mass is 9.85. The fourth-order valence-corrected chi connectivity index (χ4v) is 3.85. The second-order valence-electron chi connectivity index (χ2n) is 5.78. The van der Waals surface area contributed by atoms with Gasteiger partial charge in [-0.25, -0.2) is 0 Å². The molecule has 0 unspecified atom stereocenters. The third-order valence-corrected chi connectivity index (χ3v) is 5.18. The molecule has 0 aliphatic carbocycles. The molecule has 0 saturated carbocycles. The van der Waals surface area contributed by atoms with Crippen LogP contribution in [-0.4, -0.2) is 16.9 Å². The SMILES string of the molecule is C[C@@H]1C[C@H](C(N)=O)c2ccccc2N1Cc1csc([N+](=O)[O-])c1. The maximum Gasteiger partial charge on any atom is 0.324 e. The highest BCUT2D eigenvalue weighted by Gasteiger charge is 2.33. The molecule has 2 heterocycles. The number of nitro groups is 1. The second kappa shape index (κ2) is 6.00. The van der Waals surface area contributed by atoms with Crippen molar-refractivity contribution in [3.63, 3.8) is 0 Å². The first-order valence-corrected chi connectivity index (χ1v) is 8.22. The van der Waals surface area contributed by atoms with Gasteiger partial charge in [-0.05, 0) is 30.5 Å². The quantitative estimate of drug-likeness (QED) is 0.689. The van der Waals surface area contributed by atoms with Crippen LogP contribution in [-0.2, 0) is 11.3 Å². The van der Waals surface area contributed by atoms with E-state index in [-0.39, 0.29) is 27.8 Å². The summed E-state index contributed by atoms with van der Waals surface area (Å²) in [5, 5.41) is 12.8. The van der Waals surface area contributed by atoms with Crippen molar-refractivity contribution in [3.05, 3.63) is 57.0 Å². The first kappa shape index (κ1) is 15.5. The summed E-state index contributed by atoms with van der Waals surface area (Å²) in [6.07, 6.45) is 0.651. The van der Waals surface area contributed by atoms with Gasteiger partial charge in [-0.15, -0.1) is 0 Å². The standard InChI is InChI=1S/C16H17N3O3S/c1-10-6-13(16(17)20)12-4-2-3-5-14(12)18(10)8-11-7-15(19(21)22)23-9-11/h2-5,7,9-10,13H,6,8H2,1H3,(H2,17,20)/t10-,13+/m1/s1. The average molecular weight is 331 g/mol. The maximum absolute atomic E-state index is 11.7. The zero-order valence-corrected chi connectivity index (χ0v) is 13.5. The molecule has 2 atom stereocenters. The Balaban J connectivity index is 1.93. The third-order valence-electron chi connectivity index (χ3n) is 4.25. The molecule has 0 saturated heterocycles. The third kappa shape index (κ3) is 2.92. The Morgan fingerprint density at radius 1 is 1.48 bits per heavy atom. The summed E-state index contributed by atoms with van der Waals surface area (Å²) in [7, 11) is 0. The summed E-state index contributed by atoms with van der Waals surface area (Å²) in [6, 6.07) is 9.47. The summed E-state index contributed by atoms with van der Waals surface area (Å²) >= 11 is 1.13. The molecular formula is C16H17N3O3S. The Morgan fingerprint density at radius 3 is 2.87 bits per heavy atom. The van der Waals surface area contributed by atoms with Crippen LogP contribution >= 0.6 is 11.3 Å². The molecule has 1 aliphatic rings.